The van der Waals surface area contributed by atoms with Crippen molar-refractivity contribution in [3.05, 3.63) is 109 Å². The Hall–Kier alpha value is -3.15. The van der Waals surface area contributed by atoms with Crippen LogP contribution >= 0.6 is 0 Å². The zero-order valence-electron chi connectivity index (χ0n) is 54.1. The van der Waals surface area contributed by atoms with Crippen LogP contribution in [-0.4, -0.2) is 87.5 Å². The summed E-state index contributed by atoms with van der Waals surface area (Å²) in [6, 6.07) is -0.731. The van der Waals surface area contributed by atoms with Crippen molar-refractivity contribution in [3.8, 4) is 0 Å². The summed E-state index contributed by atoms with van der Waals surface area (Å²) in [6.45, 7) is 3.75. The van der Waals surface area contributed by atoms with Crippen molar-refractivity contribution < 1.29 is 39.8 Å². The van der Waals surface area contributed by atoms with Crippen LogP contribution in [0.2, 0.25) is 0 Å². The van der Waals surface area contributed by atoms with E-state index in [9.17, 15) is 30.3 Å². The monoisotopic (exact) mass is 1170 g/mol. The maximum absolute atomic E-state index is 13.2. The zero-order valence-corrected chi connectivity index (χ0v) is 54.1. The third-order valence-electron chi connectivity index (χ3n) is 16.1. The Labute approximate surface area is 516 Å². The molecule has 9 heteroatoms. The van der Waals surface area contributed by atoms with E-state index in [-0.39, 0.29) is 12.5 Å². The molecule has 7 unspecified atom stereocenters. The van der Waals surface area contributed by atoms with Crippen molar-refractivity contribution >= 4 is 5.91 Å². The van der Waals surface area contributed by atoms with E-state index in [4.69, 9.17) is 9.47 Å². The number of amides is 1. The molecule has 0 aromatic carbocycles. The van der Waals surface area contributed by atoms with Crippen molar-refractivity contribution in [2.45, 2.75) is 346 Å². The van der Waals surface area contributed by atoms with Crippen LogP contribution in [0.5, 0.6) is 0 Å². The largest absolute Gasteiger partial charge is 0.394 e. The minimum atomic E-state index is -1.56. The molecule has 7 atom stereocenters. The molecule has 1 heterocycles. The normalized spacial score (nSPS) is 18.9. The van der Waals surface area contributed by atoms with Gasteiger partial charge in [-0.1, -0.05) is 322 Å². The summed E-state index contributed by atoms with van der Waals surface area (Å²) < 4.78 is 11.4. The van der Waals surface area contributed by atoms with Gasteiger partial charge in [0.2, 0.25) is 5.91 Å². The minimum absolute atomic E-state index is 0.144. The first kappa shape index (κ1) is 78.9. The molecular formula is C75H131NO8. The van der Waals surface area contributed by atoms with Crippen LogP contribution in [0.3, 0.4) is 0 Å². The van der Waals surface area contributed by atoms with Crippen molar-refractivity contribution in [1.29, 1.82) is 0 Å². The van der Waals surface area contributed by atoms with Crippen molar-refractivity contribution in [3.63, 3.8) is 0 Å². The molecule has 0 radical (unpaired) electrons. The summed E-state index contributed by atoms with van der Waals surface area (Å²) in [7, 11) is 0. The SMILES string of the molecule is CC/C=C\C/C=C\C/C=C\C/C=C\C/C=C\C/C=C\C/C=C\C/C=C\C/C=C\CCCCCCCCCCCC(=O)NC(COC1OC(CO)C(O)C(O)C1O)C(O)CCCCCCCCCCCCCCCCCCCCCCCCCC. The standard InChI is InChI=1S/C75H131NO8/c1-3-5-7-9-11-13-15-17-19-21-23-25-27-29-30-31-32-33-34-35-36-37-38-39-40-41-43-45-47-49-51-53-55-57-59-61-63-65-71(79)76-68(67-83-75-74(82)73(81)72(80)70(66-77)84-75)69(78)64-62-60-58-56-54-52-50-48-46-44-42-28-26-24-22-20-18-16-14-12-10-8-6-4-2/h5,7,11,13,17,19,23,25,29-30,32-33,35-36,38-39,41,43,68-70,72-75,77-78,80-82H,3-4,6,8-10,12,14-16,18,20-22,24,26-28,31,34,37,40,42,44-67H2,1-2H3,(H,76,79)/b7-5-,13-11-,19-17-,25-23-,30-29-,33-32-,36-35-,39-38-,43-41-. The van der Waals surface area contributed by atoms with Crippen LogP contribution in [0.1, 0.15) is 303 Å². The number of carbonyl (C=O) groups excluding carboxylic acids is 1. The Kier molecular flexibility index (Phi) is 59.0. The first-order chi connectivity index (χ1) is 41.3. The minimum Gasteiger partial charge on any atom is -0.394 e. The van der Waals surface area contributed by atoms with Gasteiger partial charge in [0.15, 0.2) is 6.29 Å². The summed E-state index contributed by atoms with van der Waals surface area (Å²) in [5, 5.41) is 54.9. The lowest BCUT2D eigenvalue weighted by molar-refractivity contribution is -0.302. The molecule has 0 saturated carbocycles. The molecule has 0 aromatic rings. The van der Waals surface area contributed by atoms with E-state index in [0.29, 0.717) is 12.8 Å². The second-order valence-electron chi connectivity index (χ2n) is 23.9. The van der Waals surface area contributed by atoms with Gasteiger partial charge in [0.1, 0.15) is 24.4 Å². The van der Waals surface area contributed by atoms with Crippen LogP contribution in [0, 0.1) is 0 Å². The van der Waals surface area contributed by atoms with Gasteiger partial charge in [0.05, 0.1) is 25.4 Å². The number of hydrogen-bond donors (Lipinski definition) is 6. The van der Waals surface area contributed by atoms with Crippen LogP contribution in [0.4, 0.5) is 0 Å². The fourth-order valence-corrected chi connectivity index (χ4v) is 10.7. The summed E-state index contributed by atoms with van der Waals surface area (Å²) >= 11 is 0. The molecule has 84 heavy (non-hydrogen) atoms. The quantitative estimate of drug-likeness (QED) is 0.0261. The van der Waals surface area contributed by atoms with Crippen LogP contribution in [0.25, 0.3) is 0 Å². The number of aliphatic hydroxyl groups excluding tert-OH is 5. The number of ether oxygens (including phenoxy) is 2. The molecule has 9 nitrogen and oxygen atoms in total. The lowest BCUT2D eigenvalue weighted by Crippen LogP contribution is -2.60. The van der Waals surface area contributed by atoms with Crippen molar-refractivity contribution in [1.82, 2.24) is 5.32 Å². The predicted molar refractivity (Wildman–Crippen MR) is 359 cm³/mol. The summed E-state index contributed by atoms with van der Waals surface area (Å²) in [6.07, 6.45) is 85.7. The Morgan fingerprint density at radius 3 is 1.10 bits per heavy atom. The third-order valence-corrected chi connectivity index (χ3v) is 16.1. The number of carbonyl (C=O) groups is 1. The molecule has 0 aliphatic carbocycles. The topological polar surface area (TPSA) is 149 Å². The van der Waals surface area contributed by atoms with Gasteiger partial charge >= 0.3 is 0 Å². The number of aliphatic hydroxyl groups is 5. The average molecular weight is 1170 g/mol. The first-order valence-corrected chi connectivity index (χ1v) is 35.1. The number of unbranched alkanes of at least 4 members (excludes halogenated alkanes) is 32. The maximum atomic E-state index is 13.2. The van der Waals surface area contributed by atoms with Gasteiger partial charge in [-0.25, -0.2) is 0 Å². The van der Waals surface area contributed by atoms with E-state index in [0.717, 1.165) is 103 Å². The van der Waals surface area contributed by atoms with Crippen LogP contribution in [-0.2, 0) is 14.3 Å². The summed E-state index contributed by atoms with van der Waals surface area (Å²) in [5.41, 5.74) is 0. The van der Waals surface area contributed by atoms with E-state index in [2.05, 4.69) is 129 Å². The second-order valence-corrected chi connectivity index (χ2v) is 23.9. The van der Waals surface area contributed by atoms with E-state index in [1.165, 1.54) is 173 Å². The molecule has 6 N–H and O–H groups in total. The maximum Gasteiger partial charge on any atom is 0.220 e. The average Bonchev–Trinajstić information content (AvgIpc) is 3.70. The van der Waals surface area contributed by atoms with E-state index >= 15 is 0 Å². The van der Waals surface area contributed by atoms with Crippen LogP contribution in [0.15, 0.2) is 109 Å². The molecule has 1 fully saturated rings. The zero-order chi connectivity index (χ0) is 60.7. The molecule has 0 aromatic heterocycles. The van der Waals surface area contributed by atoms with Crippen LogP contribution < -0.4 is 5.32 Å². The Bertz CT molecular complexity index is 1690. The van der Waals surface area contributed by atoms with Gasteiger partial charge in [-0.15, -0.1) is 0 Å². The highest BCUT2D eigenvalue weighted by atomic mass is 16.7. The van der Waals surface area contributed by atoms with Gasteiger partial charge in [0, 0.05) is 6.42 Å². The molecule has 1 aliphatic heterocycles. The summed E-state index contributed by atoms with van der Waals surface area (Å²) in [4.78, 5) is 13.2. The summed E-state index contributed by atoms with van der Waals surface area (Å²) in [5.74, 6) is -0.151. The molecule has 1 rings (SSSR count). The highest BCUT2D eigenvalue weighted by molar-refractivity contribution is 5.76. The second kappa shape index (κ2) is 62.9. The van der Waals surface area contributed by atoms with Gasteiger partial charge in [-0.05, 0) is 83.5 Å². The number of hydrogen-bond acceptors (Lipinski definition) is 8. The van der Waals surface area contributed by atoms with Crippen molar-refractivity contribution in [2.24, 2.45) is 0 Å². The third kappa shape index (κ3) is 50.9. The highest BCUT2D eigenvalue weighted by Gasteiger charge is 2.44. The smallest absolute Gasteiger partial charge is 0.220 e. The Morgan fingerprint density at radius 1 is 0.417 bits per heavy atom. The molecule has 484 valence electrons. The Morgan fingerprint density at radius 2 is 0.738 bits per heavy atom. The number of rotatable bonds is 60. The van der Waals surface area contributed by atoms with Gasteiger partial charge in [-0.2, -0.15) is 0 Å². The number of allylic oxidation sites excluding steroid dienone is 18. The predicted octanol–water partition coefficient (Wildman–Crippen LogP) is 19.2. The van der Waals surface area contributed by atoms with Gasteiger partial charge < -0.3 is 40.3 Å². The molecule has 1 aliphatic rings. The fourth-order valence-electron chi connectivity index (χ4n) is 10.7. The van der Waals surface area contributed by atoms with Gasteiger partial charge in [0.25, 0.3) is 0 Å². The lowest BCUT2D eigenvalue weighted by Gasteiger charge is -2.40. The molecular weight excluding hydrogens is 1040 g/mol. The van der Waals surface area contributed by atoms with E-state index in [1.54, 1.807) is 0 Å². The highest BCUT2D eigenvalue weighted by Crippen LogP contribution is 2.23. The van der Waals surface area contributed by atoms with E-state index < -0.39 is 49.5 Å². The first-order valence-electron chi connectivity index (χ1n) is 35.1. The van der Waals surface area contributed by atoms with E-state index in [1.807, 2.05) is 0 Å². The molecule has 1 saturated heterocycles. The van der Waals surface area contributed by atoms with Crippen molar-refractivity contribution in [2.75, 3.05) is 13.2 Å². The number of nitrogens with one attached hydrogen (secondary N) is 1. The van der Waals surface area contributed by atoms with Gasteiger partial charge in [-0.3, -0.25) is 4.79 Å². The molecule has 0 bridgehead atoms. The molecule has 0 spiro atoms. The molecule has 1 amide bonds. The lowest BCUT2D eigenvalue weighted by atomic mass is 9.99. The Balaban J connectivity index is 2.15. The fraction of sp³-hybridized carbons (Fsp3) is 0.747.